The van der Waals surface area contributed by atoms with Crippen LogP contribution in [0.4, 0.5) is 15.8 Å². The van der Waals surface area contributed by atoms with Gasteiger partial charge in [-0.1, -0.05) is 17.7 Å². The number of rotatable bonds is 3. The second-order valence-electron chi connectivity index (χ2n) is 6.24. The van der Waals surface area contributed by atoms with Crippen molar-refractivity contribution in [2.75, 3.05) is 16.8 Å². The molecule has 1 fully saturated rings. The van der Waals surface area contributed by atoms with Gasteiger partial charge in [0.2, 0.25) is 11.8 Å². The Kier molecular flexibility index (Phi) is 4.77. The molecule has 0 aliphatic carbocycles. The zero-order valence-electron chi connectivity index (χ0n) is 14.0. The number of benzene rings is 2. The molecular weight excluding hydrogens is 343 g/mol. The lowest BCUT2D eigenvalue weighted by atomic mass is 10.1. The van der Waals surface area contributed by atoms with Crippen LogP contribution in [0, 0.1) is 25.6 Å². The monoisotopic (exact) mass is 360 g/mol. The molecule has 0 aromatic heterocycles. The van der Waals surface area contributed by atoms with Gasteiger partial charge in [0.1, 0.15) is 5.82 Å². The third-order valence-corrected chi connectivity index (χ3v) is 4.88. The third-order valence-electron chi connectivity index (χ3n) is 4.47. The molecule has 1 N–H and O–H groups in total. The summed E-state index contributed by atoms with van der Waals surface area (Å²) in [6.07, 6.45) is 0.137. The van der Waals surface area contributed by atoms with Crippen molar-refractivity contribution in [2.45, 2.75) is 20.3 Å². The van der Waals surface area contributed by atoms with Crippen molar-refractivity contribution in [2.24, 2.45) is 5.92 Å². The van der Waals surface area contributed by atoms with Crippen molar-refractivity contribution >= 4 is 34.8 Å². The molecule has 2 aromatic carbocycles. The summed E-state index contributed by atoms with van der Waals surface area (Å²) in [6.45, 7) is 3.87. The van der Waals surface area contributed by atoms with Crippen molar-refractivity contribution in [3.05, 3.63) is 58.4 Å². The van der Waals surface area contributed by atoms with Crippen LogP contribution in [0.5, 0.6) is 0 Å². The molecule has 2 aromatic rings. The summed E-state index contributed by atoms with van der Waals surface area (Å²) in [4.78, 5) is 26.5. The molecule has 1 aliphatic heterocycles. The molecule has 25 heavy (non-hydrogen) atoms. The van der Waals surface area contributed by atoms with Gasteiger partial charge < -0.3 is 10.2 Å². The van der Waals surface area contributed by atoms with Gasteiger partial charge in [-0.2, -0.15) is 0 Å². The van der Waals surface area contributed by atoms with E-state index >= 15 is 0 Å². The fourth-order valence-corrected chi connectivity index (χ4v) is 3.18. The lowest BCUT2D eigenvalue weighted by Gasteiger charge is -2.19. The molecule has 0 unspecified atom stereocenters. The Morgan fingerprint density at radius 2 is 2.04 bits per heavy atom. The molecule has 1 saturated heterocycles. The number of hydrogen-bond acceptors (Lipinski definition) is 2. The summed E-state index contributed by atoms with van der Waals surface area (Å²) >= 11 is 6.13. The van der Waals surface area contributed by atoms with Gasteiger partial charge in [0.05, 0.1) is 5.92 Å². The van der Waals surface area contributed by atoms with E-state index in [-0.39, 0.29) is 24.1 Å². The number of hydrogen-bond donors (Lipinski definition) is 1. The summed E-state index contributed by atoms with van der Waals surface area (Å²) in [6, 6.07) is 9.55. The number of aryl methyl sites for hydroxylation is 1. The number of carbonyl (C=O) groups is 2. The smallest absolute Gasteiger partial charge is 0.229 e. The highest BCUT2D eigenvalue weighted by Gasteiger charge is 2.36. The number of nitrogens with one attached hydrogen (secondary N) is 1. The van der Waals surface area contributed by atoms with Gasteiger partial charge in [0.15, 0.2) is 0 Å². The minimum absolute atomic E-state index is 0.110. The van der Waals surface area contributed by atoms with Gasteiger partial charge >= 0.3 is 0 Å². The molecule has 2 amide bonds. The van der Waals surface area contributed by atoms with Gasteiger partial charge in [-0.15, -0.1) is 0 Å². The minimum atomic E-state index is -0.463. The Morgan fingerprint density at radius 3 is 2.76 bits per heavy atom. The average molecular weight is 361 g/mol. The SMILES string of the molecule is Cc1cc(F)ccc1NC(=O)[C@@H]1CC(=O)N(c2cccc(Cl)c2C)C1. The largest absolute Gasteiger partial charge is 0.326 e. The van der Waals surface area contributed by atoms with Crippen LogP contribution in [0.15, 0.2) is 36.4 Å². The van der Waals surface area contributed by atoms with Crippen LogP contribution >= 0.6 is 11.6 Å². The van der Waals surface area contributed by atoms with E-state index in [1.807, 2.05) is 13.0 Å². The molecule has 0 spiro atoms. The molecule has 1 atom stereocenters. The Bertz CT molecular complexity index is 853. The van der Waals surface area contributed by atoms with Gasteiger partial charge in [-0.05, 0) is 55.3 Å². The molecule has 3 rings (SSSR count). The summed E-state index contributed by atoms with van der Waals surface area (Å²) in [5, 5.41) is 3.37. The van der Waals surface area contributed by atoms with E-state index < -0.39 is 5.92 Å². The van der Waals surface area contributed by atoms with Crippen LogP contribution in [0.25, 0.3) is 0 Å². The number of anilines is 2. The fraction of sp³-hybridized carbons (Fsp3) is 0.263. The number of amides is 2. The Morgan fingerprint density at radius 1 is 1.28 bits per heavy atom. The van der Waals surface area contributed by atoms with Crippen molar-refractivity contribution < 1.29 is 14.0 Å². The van der Waals surface area contributed by atoms with E-state index in [0.29, 0.717) is 22.8 Å². The highest BCUT2D eigenvalue weighted by Crippen LogP contribution is 2.32. The van der Waals surface area contributed by atoms with Gasteiger partial charge in [-0.25, -0.2) is 4.39 Å². The zero-order chi connectivity index (χ0) is 18.1. The standard InChI is InChI=1S/C19H18ClFN2O2/c1-11-8-14(21)6-7-16(11)22-19(25)13-9-18(24)23(10-13)17-5-3-4-15(20)12(17)2/h3-8,13H,9-10H2,1-2H3,(H,22,25)/t13-/m1/s1. The first kappa shape index (κ1) is 17.4. The van der Waals surface area contributed by atoms with Crippen molar-refractivity contribution in [1.82, 2.24) is 0 Å². The first-order chi connectivity index (χ1) is 11.9. The summed E-state index contributed by atoms with van der Waals surface area (Å²) in [5.41, 5.74) is 2.73. The molecule has 0 radical (unpaired) electrons. The molecule has 1 aliphatic rings. The summed E-state index contributed by atoms with van der Waals surface area (Å²) < 4.78 is 13.2. The highest BCUT2D eigenvalue weighted by atomic mass is 35.5. The molecule has 0 saturated carbocycles. The maximum absolute atomic E-state index is 13.2. The van der Waals surface area contributed by atoms with E-state index in [2.05, 4.69) is 5.32 Å². The molecular formula is C19H18ClFN2O2. The van der Waals surface area contributed by atoms with Crippen LogP contribution in [-0.4, -0.2) is 18.4 Å². The maximum Gasteiger partial charge on any atom is 0.229 e. The fourth-order valence-electron chi connectivity index (χ4n) is 3.01. The normalized spacial score (nSPS) is 17.0. The Hall–Kier alpha value is -2.40. The topological polar surface area (TPSA) is 49.4 Å². The number of halogens is 2. The van der Waals surface area contributed by atoms with Crippen molar-refractivity contribution in [3.8, 4) is 0 Å². The van der Waals surface area contributed by atoms with E-state index in [9.17, 15) is 14.0 Å². The predicted molar refractivity (Wildman–Crippen MR) is 96.4 cm³/mol. The van der Waals surface area contributed by atoms with E-state index in [0.717, 1.165) is 11.3 Å². The Labute approximate surface area is 150 Å². The van der Waals surface area contributed by atoms with E-state index in [1.165, 1.54) is 18.2 Å². The van der Waals surface area contributed by atoms with Crippen molar-refractivity contribution in [3.63, 3.8) is 0 Å². The highest BCUT2D eigenvalue weighted by molar-refractivity contribution is 6.31. The lowest BCUT2D eigenvalue weighted by molar-refractivity contribution is -0.122. The number of carbonyl (C=O) groups excluding carboxylic acids is 2. The first-order valence-corrected chi connectivity index (χ1v) is 8.37. The molecule has 6 heteroatoms. The van der Waals surface area contributed by atoms with Gasteiger partial charge in [0.25, 0.3) is 0 Å². The second-order valence-corrected chi connectivity index (χ2v) is 6.65. The van der Waals surface area contributed by atoms with Crippen LogP contribution < -0.4 is 10.2 Å². The Balaban J connectivity index is 1.75. The zero-order valence-corrected chi connectivity index (χ0v) is 14.7. The van der Waals surface area contributed by atoms with E-state index in [1.54, 1.807) is 24.0 Å². The second kappa shape index (κ2) is 6.84. The van der Waals surface area contributed by atoms with Gasteiger partial charge in [0, 0.05) is 29.4 Å². The lowest BCUT2D eigenvalue weighted by Crippen LogP contribution is -2.28. The summed E-state index contributed by atoms with van der Waals surface area (Å²) in [5.74, 6) is -1.17. The van der Waals surface area contributed by atoms with Crippen LogP contribution in [-0.2, 0) is 9.59 Å². The van der Waals surface area contributed by atoms with Gasteiger partial charge in [-0.3, -0.25) is 9.59 Å². The van der Waals surface area contributed by atoms with Crippen LogP contribution in [0.3, 0.4) is 0 Å². The first-order valence-electron chi connectivity index (χ1n) is 7.99. The predicted octanol–water partition coefficient (Wildman–Crippen LogP) is 4.09. The van der Waals surface area contributed by atoms with Crippen LogP contribution in [0.1, 0.15) is 17.5 Å². The van der Waals surface area contributed by atoms with E-state index in [4.69, 9.17) is 11.6 Å². The maximum atomic E-state index is 13.2. The minimum Gasteiger partial charge on any atom is -0.326 e. The summed E-state index contributed by atoms with van der Waals surface area (Å²) in [7, 11) is 0. The van der Waals surface area contributed by atoms with Crippen molar-refractivity contribution in [1.29, 1.82) is 0 Å². The van der Waals surface area contributed by atoms with Crippen LogP contribution in [0.2, 0.25) is 5.02 Å². The quantitative estimate of drug-likeness (QED) is 0.896. The molecule has 0 bridgehead atoms. The average Bonchev–Trinajstić information content (AvgIpc) is 2.94. The third kappa shape index (κ3) is 3.51. The number of nitrogens with zero attached hydrogens (tertiary/aromatic N) is 1. The molecule has 130 valence electrons. The molecule has 4 nitrogen and oxygen atoms in total. The molecule has 1 heterocycles.